The van der Waals surface area contributed by atoms with Gasteiger partial charge in [0.05, 0.1) is 16.4 Å². The third-order valence-corrected chi connectivity index (χ3v) is 11.9. The van der Waals surface area contributed by atoms with E-state index in [1.807, 2.05) is 0 Å². The van der Waals surface area contributed by atoms with Gasteiger partial charge in [-0.25, -0.2) is 0 Å². The Morgan fingerprint density at radius 3 is 1.47 bits per heavy atom. The van der Waals surface area contributed by atoms with Gasteiger partial charge >= 0.3 is 0 Å². The molecule has 10 aromatic rings. The second-order valence-electron chi connectivity index (χ2n) is 14.9. The SMILES string of the molecule is c1ccc(N(c2ccc(-c3ccc4c5ccccc5n(-c5ccccc5)c4c3)cc2)c2ccc(C3(c4ccccc4)c4ccccc4-c4ccccc43)cc2)cc1. The van der Waals surface area contributed by atoms with Crippen LogP contribution in [0.5, 0.6) is 0 Å². The summed E-state index contributed by atoms with van der Waals surface area (Å²) in [5.74, 6) is 0. The van der Waals surface area contributed by atoms with Crippen LogP contribution in [0.3, 0.4) is 0 Å². The molecule has 2 heteroatoms. The Labute approximate surface area is 333 Å². The van der Waals surface area contributed by atoms with Gasteiger partial charge in [0, 0.05) is 33.5 Å². The van der Waals surface area contributed by atoms with Crippen molar-refractivity contribution in [3.05, 3.63) is 253 Å². The van der Waals surface area contributed by atoms with Crippen molar-refractivity contribution in [2.75, 3.05) is 4.90 Å². The minimum atomic E-state index is -0.431. The molecule has 1 heterocycles. The molecular weight excluding hydrogens is 689 g/mol. The molecule has 0 N–H and O–H groups in total. The van der Waals surface area contributed by atoms with Crippen LogP contribution in [-0.4, -0.2) is 4.57 Å². The number of anilines is 3. The standard InChI is InChI=1S/C55H38N2/c1-4-16-41(17-5-1)55(51-25-13-10-22-47(51)48-23-11-14-26-52(48)55)42-31-35-46(36-32-42)56(43-18-6-2-7-19-43)45-33-28-39(29-34-45)40-30-37-50-49-24-12-15-27-53(49)57(54(50)38-40)44-20-8-3-9-21-44/h1-38H. The number of benzene rings is 9. The molecule has 0 radical (unpaired) electrons. The smallest absolute Gasteiger partial charge is 0.0713 e. The molecule has 1 aliphatic carbocycles. The van der Waals surface area contributed by atoms with Crippen molar-refractivity contribution in [1.82, 2.24) is 4.57 Å². The van der Waals surface area contributed by atoms with Gasteiger partial charge < -0.3 is 9.47 Å². The zero-order valence-corrected chi connectivity index (χ0v) is 31.3. The Balaban J connectivity index is 1.01. The zero-order chi connectivity index (χ0) is 37.8. The van der Waals surface area contributed by atoms with Gasteiger partial charge in [0.2, 0.25) is 0 Å². The van der Waals surface area contributed by atoms with Crippen LogP contribution in [0.1, 0.15) is 22.3 Å². The van der Waals surface area contributed by atoms with Crippen LogP contribution in [0.15, 0.2) is 231 Å². The van der Waals surface area contributed by atoms with Gasteiger partial charge in [-0.3, -0.25) is 0 Å². The highest BCUT2D eigenvalue weighted by Gasteiger charge is 2.45. The molecule has 0 fully saturated rings. The quantitative estimate of drug-likeness (QED) is 0.159. The van der Waals surface area contributed by atoms with E-state index < -0.39 is 5.41 Å². The molecule has 57 heavy (non-hydrogen) atoms. The monoisotopic (exact) mass is 726 g/mol. The predicted molar refractivity (Wildman–Crippen MR) is 238 cm³/mol. The largest absolute Gasteiger partial charge is 0.311 e. The van der Waals surface area contributed by atoms with E-state index >= 15 is 0 Å². The van der Waals surface area contributed by atoms with Crippen molar-refractivity contribution < 1.29 is 0 Å². The number of rotatable bonds is 7. The highest BCUT2D eigenvalue weighted by Crippen LogP contribution is 2.56. The maximum Gasteiger partial charge on any atom is 0.0713 e. The van der Waals surface area contributed by atoms with Gasteiger partial charge in [0.25, 0.3) is 0 Å². The molecule has 1 aliphatic rings. The summed E-state index contributed by atoms with van der Waals surface area (Å²) in [5, 5.41) is 2.52. The fourth-order valence-electron chi connectivity index (χ4n) is 9.40. The van der Waals surface area contributed by atoms with E-state index in [1.54, 1.807) is 0 Å². The summed E-state index contributed by atoms with van der Waals surface area (Å²) < 4.78 is 2.38. The van der Waals surface area contributed by atoms with E-state index in [2.05, 4.69) is 240 Å². The van der Waals surface area contributed by atoms with Crippen LogP contribution in [0, 0.1) is 0 Å². The maximum absolute atomic E-state index is 2.38. The summed E-state index contributed by atoms with van der Waals surface area (Å²) in [6.07, 6.45) is 0. The van der Waals surface area contributed by atoms with Crippen molar-refractivity contribution in [1.29, 1.82) is 0 Å². The molecule has 0 atom stereocenters. The number of nitrogens with zero attached hydrogens (tertiary/aromatic N) is 2. The third-order valence-electron chi connectivity index (χ3n) is 11.9. The molecule has 0 saturated carbocycles. The molecule has 0 unspecified atom stereocenters. The Morgan fingerprint density at radius 1 is 0.333 bits per heavy atom. The van der Waals surface area contributed by atoms with Crippen LogP contribution in [0.2, 0.25) is 0 Å². The van der Waals surface area contributed by atoms with Gasteiger partial charge in [0.15, 0.2) is 0 Å². The zero-order valence-electron chi connectivity index (χ0n) is 31.3. The first-order chi connectivity index (χ1) is 28.3. The Hall–Kier alpha value is -7.42. The number of para-hydroxylation sites is 3. The number of hydrogen-bond donors (Lipinski definition) is 0. The molecule has 9 aromatic carbocycles. The molecule has 0 aliphatic heterocycles. The summed E-state index contributed by atoms with van der Waals surface area (Å²) in [6.45, 7) is 0. The number of hydrogen-bond acceptors (Lipinski definition) is 1. The number of fused-ring (bicyclic) bond motifs is 6. The average molecular weight is 727 g/mol. The van der Waals surface area contributed by atoms with Gasteiger partial charge in [0.1, 0.15) is 0 Å². The predicted octanol–water partition coefficient (Wildman–Crippen LogP) is 14.3. The van der Waals surface area contributed by atoms with E-state index in [0.717, 1.165) is 22.7 Å². The van der Waals surface area contributed by atoms with Crippen LogP contribution in [0.25, 0.3) is 49.7 Å². The van der Waals surface area contributed by atoms with Crippen molar-refractivity contribution in [3.63, 3.8) is 0 Å². The van der Waals surface area contributed by atoms with Crippen LogP contribution in [0.4, 0.5) is 17.1 Å². The van der Waals surface area contributed by atoms with Gasteiger partial charge in [-0.15, -0.1) is 0 Å². The van der Waals surface area contributed by atoms with Crippen molar-refractivity contribution in [3.8, 4) is 27.9 Å². The maximum atomic E-state index is 2.38. The van der Waals surface area contributed by atoms with Crippen molar-refractivity contribution >= 4 is 38.9 Å². The highest BCUT2D eigenvalue weighted by atomic mass is 15.1. The molecule has 0 saturated heterocycles. The molecule has 0 spiro atoms. The van der Waals surface area contributed by atoms with Crippen LogP contribution in [-0.2, 0) is 5.41 Å². The molecule has 268 valence electrons. The molecule has 11 rings (SSSR count). The van der Waals surface area contributed by atoms with Gasteiger partial charge in [-0.05, 0) is 105 Å². The lowest BCUT2D eigenvalue weighted by Gasteiger charge is -2.34. The Bertz CT molecular complexity index is 2990. The van der Waals surface area contributed by atoms with E-state index in [0.29, 0.717) is 0 Å². The van der Waals surface area contributed by atoms with E-state index in [4.69, 9.17) is 0 Å². The van der Waals surface area contributed by atoms with E-state index in [1.165, 1.54) is 66.3 Å². The van der Waals surface area contributed by atoms with Gasteiger partial charge in [-0.2, -0.15) is 0 Å². The summed E-state index contributed by atoms with van der Waals surface area (Å²) in [5.41, 5.74) is 16.6. The minimum absolute atomic E-state index is 0.431. The van der Waals surface area contributed by atoms with Crippen LogP contribution >= 0.6 is 0 Å². The third kappa shape index (κ3) is 5.18. The second kappa shape index (κ2) is 13.4. The fourth-order valence-corrected chi connectivity index (χ4v) is 9.40. The first-order valence-electron chi connectivity index (χ1n) is 19.7. The van der Waals surface area contributed by atoms with Crippen LogP contribution < -0.4 is 4.90 Å². The lowest BCUT2D eigenvalue weighted by Crippen LogP contribution is -2.28. The van der Waals surface area contributed by atoms with E-state index in [9.17, 15) is 0 Å². The minimum Gasteiger partial charge on any atom is -0.311 e. The summed E-state index contributed by atoms with van der Waals surface area (Å²) in [6, 6.07) is 84.1. The molecular formula is C55H38N2. The first kappa shape index (κ1) is 33.0. The normalized spacial score (nSPS) is 12.7. The van der Waals surface area contributed by atoms with Crippen molar-refractivity contribution in [2.45, 2.75) is 5.41 Å². The molecule has 0 bridgehead atoms. The summed E-state index contributed by atoms with van der Waals surface area (Å²) in [7, 11) is 0. The second-order valence-corrected chi connectivity index (χ2v) is 14.9. The lowest BCUT2D eigenvalue weighted by molar-refractivity contribution is 0.768. The van der Waals surface area contributed by atoms with E-state index in [-0.39, 0.29) is 0 Å². The van der Waals surface area contributed by atoms with Gasteiger partial charge in [-0.1, -0.05) is 170 Å². The fraction of sp³-hybridized carbons (Fsp3) is 0.0182. The highest BCUT2D eigenvalue weighted by molar-refractivity contribution is 6.10. The lowest BCUT2D eigenvalue weighted by atomic mass is 9.68. The first-order valence-corrected chi connectivity index (χ1v) is 19.7. The topological polar surface area (TPSA) is 8.17 Å². The molecule has 0 amide bonds. The van der Waals surface area contributed by atoms with Crippen molar-refractivity contribution in [2.24, 2.45) is 0 Å². The Morgan fingerprint density at radius 2 is 0.807 bits per heavy atom. The average Bonchev–Trinajstić information content (AvgIpc) is 3.79. The summed E-state index contributed by atoms with van der Waals surface area (Å²) >= 11 is 0. The Kier molecular flexibility index (Phi) is 7.75. The molecule has 2 nitrogen and oxygen atoms in total. The molecule has 1 aromatic heterocycles. The number of aromatic nitrogens is 1. The summed E-state index contributed by atoms with van der Waals surface area (Å²) in [4.78, 5) is 2.36.